The van der Waals surface area contributed by atoms with Gasteiger partial charge in [0.1, 0.15) is 5.75 Å². The van der Waals surface area contributed by atoms with Crippen molar-refractivity contribution in [1.82, 2.24) is 25.5 Å². The van der Waals surface area contributed by atoms with Crippen LogP contribution in [0.1, 0.15) is 11.4 Å². The predicted molar refractivity (Wildman–Crippen MR) is 72.4 cm³/mol. The molecule has 0 saturated carbocycles. The van der Waals surface area contributed by atoms with E-state index < -0.39 is 0 Å². The van der Waals surface area contributed by atoms with Crippen LogP contribution in [0, 0.1) is 0 Å². The first-order chi connectivity index (χ1) is 9.10. The summed E-state index contributed by atoms with van der Waals surface area (Å²) >= 11 is 12.1. The fourth-order valence-electron chi connectivity index (χ4n) is 1.61. The summed E-state index contributed by atoms with van der Waals surface area (Å²) in [6.07, 6.45) is 0. The summed E-state index contributed by atoms with van der Waals surface area (Å²) in [5, 5.41) is 15.7. The molecule has 0 atom stereocenters. The summed E-state index contributed by atoms with van der Waals surface area (Å²) in [5.41, 5.74) is 0.879. The average molecular weight is 302 g/mol. The van der Waals surface area contributed by atoms with E-state index in [1.54, 1.807) is 13.1 Å². The van der Waals surface area contributed by atoms with Gasteiger partial charge in [-0.25, -0.2) is 0 Å². The second kappa shape index (κ2) is 6.18. The minimum absolute atomic E-state index is 0.200. The first-order valence-corrected chi connectivity index (χ1v) is 6.34. The molecule has 6 nitrogen and oxygen atoms in total. The van der Waals surface area contributed by atoms with E-state index in [4.69, 9.17) is 27.9 Å². The number of ether oxygens (including phenoxy) is 1. The highest BCUT2D eigenvalue weighted by atomic mass is 35.5. The number of benzene rings is 1. The fraction of sp³-hybridized carbons (Fsp3) is 0.364. The summed E-state index contributed by atoms with van der Waals surface area (Å²) in [5.74, 6) is 1.07. The van der Waals surface area contributed by atoms with Crippen molar-refractivity contribution >= 4 is 23.2 Å². The van der Waals surface area contributed by atoms with Gasteiger partial charge in [-0.05, 0) is 24.4 Å². The molecule has 0 spiro atoms. The van der Waals surface area contributed by atoms with Crippen LogP contribution >= 0.6 is 23.2 Å². The Bertz CT molecular complexity index is 572. The summed E-state index contributed by atoms with van der Waals surface area (Å²) in [6, 6.07) is 3.45. The zero-order valence-corrected chi connectivity index (χ0v) is 12.0. The number of hydrogen-bond donors (Lipinski definition) is 1. The molecule has 19 heavy (non-hydrogen) atoms. The summed E-state index contributed by atoms with van der Waals surface area (Å²) in [7, 11) is 3.53. The van der Waals surface area contributed by atoms with Crippen LogP contribution < -0.4 is 10.1 Å². The van der Waals surface area contributed by atoms with Crippen molar-refractivity contribution in [3.05, 3.63) is 33.6 Å². The van der Waals surface area contributed by atoms with Crippen molar-refractivity contribution in [2.75, 3.05) is 7.05 Å². The molecule has 0 fully saturated rings. The van der Waals surface area contributed by atoms with Crippen molar-refractivity contribution in [2.24, 2.45) is 7.05 Å². The number of aryl methyl sites for hydroxylation is 1. The van der Waals surface area contributed by atoms with Gasteiger partial charge in [-0.2, -0.15) is 4.80 Å². The van der Waals surface area contributed by atoms with Crippen LogP contribution in [0.25, 0.3) is 0 Å². The molecule has 0 aliphatic rings. The Labute approximate surface area is 120 Å². The van der Waals surface area contributed by atoms with E-state index in [9.17, 15) is 0 Å². The highest BCUT2D eigenvalue weighted by Gasteiger charge is 2.12. The smallest absolute Gasteiger partial charge is 0.212 e. The molecule has 1 aromatic heterocycles. The zero-order chi connectivity index (χ0) is 13.8. The van der Waals surface area contributed by atoms with E-state index in [0.717, 1.165) is 5.56 Å². The van der Waals surface area contributed by atoms with E-state index in [-0.39, 0.29) is 6.61 Å². The normalized spacial score (nSPS) is 10.7. The SMILES string of the molecule is CNCc1cc(Cl)cc(Cl)c1OCc1nnn(C)n1. The van der Waals surface area contributed by atoms with Gasteiger partial charge in [-0.3, -0.25) is 0 Å². The van der Waals surface area contributed by atoms with Crippen LogP contribution in [0.2, 0.25) is 10.0 Å². The molecular weight excluding hydrogens is 289 g/mol. The number of halogens is 2. The second-order valence-electron chi connectivity index (χ2n) is 3.89. The molecular formula is C11H13Cl2N5O. The summed E-state index contributed by atoms with van der Waals surface area (Å²) in [4.78, 5) is 1.37. The number of tetrazole rings is 1. The topological polar surface area (TPSA) is 64.9 Å². The van der Waals surface area contributed by atoms with Crippen LogP contribution in [0.3, 0.4) is 0 Å². The van der Waals surface area contributed by atoms with Gasteiger partial charge in [0.2, 0.25) is 5.82 Å². The minimum atomic E-state index is 0.200. The Balaban J connectivity index is 2.18. The molecule has 0 aliphatic carbocycles. The van der Waals surface area contributed by atoms with E-state index in [1.807, 2.05) is 13.1 Å². The minimum Gasteiger partial charge on any atom is -0.484 e. The molecule has 0 unspecified atom stereocenters. The van der Waals surface area contributed by atoms with E-state index in [0.29, 0.717) is 28.2 Å². The number of nitrogens with zero attached hydrogens (tertiary/aromatic N) is 4. The Kier molecular flexibility index (Phi) is 4.57. The van der Waals surface area contributed by atoms with Gasteiger partial charge in [0, 0.05) is 17.1 Å². The van der Waals surface area contributed by atoms with Gasteiger partial charge in [-0.15, -0.1) is 10.2 Å². The molecule has 1 heterocycles. The average Bonchev–Trinajstić information content (AvgIpc) is 2.74. The molecule has 2 aromatic rings. The van der Waals surface area contributed by atoms with Crippen LogP contribution in [-0.2, 0) is 20.2 Å². The lowest BCUT2D eigenvalue weighted by molar-refractivity contribution is 0.292. The second-order valence-corrected chi connectivity index (χ2v) is 4.73. The first kappa shape index (κ1) is 14.0. The standard InChI is InChI=1S/C11H13Cl2N5O/c1-14-5-7-3-8(12)4-9(13)11(7)19-6-10-15-17-18(2)16-10/h3-4,14H,5-6H2,1-2H3. The maximum atomic E-state index is 6.14. The maximum Gasteiger partial charge on any atom is 0.212 e. The van der Waals surface area contributed by atoms with Crippen molar-refractivity contribution < 1.29 is 4.74 Å². The van der Waals surface area contributed by atoms with Crippen LogP contribution in [-0.4, -0.2) is 27.3 Å². The fourth-order valence-corrected chi connectivity index (χ4v) is 2.21. The molecule has 1 aromatic carbocycles. The number of rotatable bonds is 5. The van der Waals surface area contributed by atoms with Gasteiger partial charge in [-0.1, -0.05) is 23.2 Å². The molecule has 2 rings (SSSR count). The van der Waals surface area contributed by atoms with Crippen molar-refractivity contribution in [2.45, 2.75) is 13.2 Å². The van der Waals surface area contributed by atoms with Crippen LogP contribution in [0.5, 0.6) is 5.75 Å². The van der Waals surface area contributed by atoms with Crippen LogP contribution in [0.4, 0.5) is 0 Å². The molecule has 0 aliphatic heterocycles. The van der Waals surface area contributed by atoms with Crippen molar-refractivity contribution in [1.29, 1.82) is 0 Å². The molecule has 0 bridgehead atoms. The van der Waals surface area contributed by atoms with Crippen molar-refractivity contribution in [3.8, 4) is 5.75 Å². The molecule has 0 radical (unpaired) electrons. The monoisotopic (exact) mass is 301 g/mol. The van der Waals surface area contributed by atoms with Gasteiger partial charge in [0.15, 0.2) is 6.61 Å². The molecule has 1 N–H and O–H groups in total. The maximum absolute atomic E-state index is 6.14. The highest BCUT2D eigenvalue weighted by Crippen LogP contribution is 2.32. The van der Waals surface area contributed by atoms with Gasteiger partial charge < -0.3 is 10.1 Å². The third kappa shape index (κ3) is 3.56. The third-order valence-corrected chi connectivity index (χ3v) is 2.85. The molecule has 0 saturated heterocycles. The number of aromatic nitrogens is 4. The van der Waals surface area contributed by atoms with Gasteiger partial charge in [0.25, 0.3) is 0 Å². The molecule has 102 valence electrons. The van der Waals surface area contributed by atoms with Gasteiger partial charge in [0.05, 0.1) is 12.1 Å². The lowest BCUT2D eigenvalue weighted by atomic mass is 10.2. The Morgan fingerprint density at radius 1 is 1.37 bits per heavy atom. The lowest BCUT2D eigenvalue weighted by Crippen LogP contribution is -2.08. The van der Waals surface area contributed by atoms with Crippen molar-refractivity contribution in [3.63, 3.8) is 0 Å². The number of nitrogens with one attached hydrogen (secondary N) is 1. The quantitative estimate of drug-likeness (QED) is 0.912. The largest absolute Gasteiger partial charge is 0.484 e. The van der Waals surface area contributed by atoms with Crippen LogP contribution in [0.15, 0.2) is 12.1 Å². The lowest BCUT2D eigenvalue weighted by Gasteiger charge is -2.12. The van der Waals surface area contributed by atoms with E-state index in [2.05, 4.69) is 20.7 Å². The Hall–Kier alpha value is -1.37. The zero-order valence-electron chi connectivity index (χ0n) is 10.5. The van der Waals surface area contributed by atoms with E-state index >= 15 is 0 Å². The Morgan fingerprint density at radius 3 is 2.79 bits per heavy atom. The predicted octanol–water partition coefficient (Wildman–Crippen LogP) is 1.82. The highest BCUT2D eigenvalue weighted by molar-refractivity contribution is 6.35. The molecule has 0 amide bonds. The molecule has 8 heteroatoms. The summed E-state index contributed by atoms with van der Waals surface area (Å²) < 4.78 is 5.67. The first-order valence-electron chi connectivity index (χ1n) is 5.58. The van der Waals surface area contributed by atoms with E-state index in [1.165, 1.54) is 4.80 Å². The Morgan fingerprint density at radius 2 is 2.16 bits per heavy atom. The third-order valence-electron chi connectivity index (χ3n) is 2.35. The summed E-state index contributed by atoms with van der Waals surface area (Å²) in [6.45, 7) is 0.801. The number of hydrogen-bond acceptors (Lipinski definition) is 5. The van der Waals surface area contributed by atoms with Gasteiger partial charge >= 0.3 is 0 Å².